The van der Waals surface area contributed by atoms with Crippen molar-refractivity contribution in [3.63, 3.8) is 0 Å². The van der Waals surface area contributed by atoms with Crippen LogP contribution in [-0.2, 0) is 9.59 Å². The van der Waals surface area contributed by atoms with Gasteiger partial charge in [0.05, 0.1) is 11.1 Å². The maximum atomic E-state index is 12.9. The summed E-state index contributed by atoms with van der Waals surface area (Å²) in [7, 11) is 0. The lowest BCUT2D eigenvalue weighted by atomic mass is 9.96. The zero-order chi connectivity index (χ0) is 26.4. The van der Waals surface area contributed by atoms with E-state index in [1.54, 1.807) is 0 Å². The van der Waals surface area contributed by atoms with Gasteiger partial charge in [-0.2, -0.15) is 0 Å². The predicted octanol–water partition coefficient (Wildman–Crippen LogP) is -1.73. The second-order valence-corrected chi connectivity index (χ2v) is 11.5. The third-order valence-corrected chi connectivity index (χ3v) is 6.98. The van der Waals surface area contributed by atoms with E-state index < -0.39 is 11.5 Å². The van der Waals surface area contributed by atoms with Crippen molar-refractivity contribution in [2.24, 2.45) is 23.5 Å². The van der Waals surface area contributed by atoms with E-state index in [1.807, 2.05) is 0 Å². The van der Waals surface area contributed by atoms with Crippen LogP contribution in [0.25, 0.3) is 0 Å². The Morgan fingerprint density at radius 2 is 1.08 bits per heavy atom. The van der Waals surface area contributed by atoms with Crippen molar-refractivity contribution in [1.82, 2.24) is 37.2 Å². The number of amides is 1. The third-order valence-electron chi connectivity index (χ3n) is 6.98. The molecule has 11 heteroatoms. The van der Waals surface area contributed by atoms with E-state index in [-0.39, 0.29) is 24.3 Å². The van der Waals surface area contributed by atoms with Gasteiger partial charge in [0.1, 0.15) is 0 Å². The molecule has 3 aliphatic rings. The molecule has 0 aromatic rings. The Labute approximate surface area is 217 Å². The Hall–Kier alpha value is -1.34. The minimum absolute atomic E-state index is 0.00119. The summed E-state index contributed by atoms with van der Waals surface area (Å²) >= 11 is 0. The van der Waals surface area contributed by atoms with Crippen LogP contribution in [0.5, 0.6) is 0 Å². The molecule has 36 heavy (non-hydrogen) atoms. The van der Waals surface area contributed by atoms with Crippen molar-refractivity contribution >= 4 is 11.9 Å². The fourth-order valence-electron chi connectivity index (χ4n) is 4.86. The number of nitrogens with one attached hydrogen (secondary N) is 7. The van der Waals surface area contributed by atoms with Crippen molar-refractivity contribution in [1.29, 1.82) is 0 Å². The Bertz CT molecular complexity index is 607. The van der Waals surface area contributed by atoms with E-state index in [9.17, 15) is 9.59 Å². The minimum atomic E-state index is -0.875. The zero-order valence-electron chi connectivity index (χ0n) is 22.7. The molecule has 10 N–H and O–H groups in total. The van der Waals surface area contributed by atoms with E-state index >= 15 is 0 Å². The van der Waals surface area contributed by atoms with Gasteiger partial charge in [0, 0.05) is 52.1 Å². The first-order valence-corrected chi connectivity index (χ1v) is 13.7. The number of aliphatic carboxylic acids is 1. The molecule has 0 saturated carbocycles. The molecule has 3 aliphatic heterocycles. The molecule has 11 nitrogen and oxygen atoms in total. The van der Waals surface area contributed by atoms with E-state index in [0.717, 1.165) is 58.9 Å². The standard InChI is InChI=1S/C25H52N8O3/c1-19-7-27-13-24(26)14-28-8-20(2)11-31-17-25(16-30-10-19,18-32-12-21(3)9-29-15-24)33-22(34)5-4-6-23(35)36/h19-21,27-32H,4-18,26H2,1-3H3,(H,33,34)(H,35,36)/t19?,20?,21?,24-,25+. The highest BCUT2D eigenvalue weighted by Gasteiger charge is 2.32. The molecule has 3 unspecified atom stereocenters. The van der Waals surface area contributed by atoms with Crippen molar-refractivity contribution in [2.45, 2.75) is 51.1 Å². The number of carbonyl (C=O) groups excluding carboxylic acids is 1. The summed E-state index contributed by atoms with van der Waals surface area (Å²) in [6.45, 7) is 15.6. The van der Waals surface area contributed by atoms with Crippen LogP contribution in [0.1, 0.15) is 40.0 Å². The summed E-state index contributed by atoms with van der Waals surface area (Å²) in [5.74, 6) is 0.187. The van der Waals surface area contributed by atoms with Gasteiger partial charge in [-0.25, -0.2) is 0 Å². The average Bonchev–Trinajstić information content (AvgIpc) is 2.77. The molecular formula is C25H52N8O3. The number of hydrogen-bond donors (Lipinski definition) is 9. The molecule has 210 valence electrons. The molecule has 3 saturated heterocycles. The molecular weight excluding hydrogens is 460 g/mol. The fraction of sp³-hybridized carbons (Fsp3) is 0.920. The molecule has 3 atom stereocenters. The van der Waals surface area contributed by atoms with Crippen LogP contribution in [0.15, 0.2) is 0 Å². The van der Waals surface area contributed by atoms with Gasteiger partial charge < -0.3 is 48.1 Å². The molecule has 0 spiro atoms. The number of fused-ring (bicyclic) bond motifs is 18. The summed E-state index contributed by atoms with van der Waals surface area (Å²) in [5, 5.41) is 33.8. The first-order valence-electron chi connectivity index (χ1n) is 13.7. The highest BCUT2D eigenvalue weighted by Crippen LogP contribution is 2.08. The maximum absolute atomic E-state index is 12.9. The third kappa shape index (κ3) is 12.3. The van der Waals surface area contributed by atoms with Gasteiger partial charge in [-0.3, -0.25) is 9.59 Å². The molecule has 0 aliphatic carbocycles. The van der Waals surface area contributed by atoms with Crippen LogP contribution in [0, 0.1) is 17.8 Å². The second-order valence-electron chi connectivity index (χ2n) is 11.5. The lowest BCUT2D eigenvalue weighted by Crippen LogP contribution is -2.66. The summed E-state index contributed by atoms with van der Waals surface area (Å²) in [6, 6.07) is 0. The number of carbonyl (C=O) groups is 2. The minimum Gasteiger partial charge on any atom is -0.481 e. The van der Waals surface area contributed by atoms with Crippen LogP contribution in [0.3, 0.4) is 0 Å². The van der Waals surface area contributed by atoms with Gasteiger partial charge >= 0.3 is 5.97 Å². The number of nitrogens with two attached hydrogens (primary N) is 1. The number of carboxylic acids is 1. The van der Waals surface area contributed by atoms with Crippen LogP contribution in [-0.4, -0.2) is 107 Å². The lowest BCUT2D eigenvalue weighted by Gasteiger charge is -2.38. The lowest BCUT2D eigenvalue weighted by molar-refractivity contribution is -0.137. The predicted molar refractivity (Wildman–Crippen MR) is 144 cm³/mol. The Morgan fingerprint density at radius 1 is 0.722 bits per heavy atom. The summed E-state index contributed by atoms with van der Waals surface area (Å²) in [4.78, 5) is 23.8. The topological polar surface area (TPSA) is 165 Å². The van der Waals surface area contributed by atoms with Gasteiger partial charge in [0.25, 0.3) is 0 Å². The van der Waals surface area contributed by atoms with Gasteiger partial charge in [-0.05, 0) is 63.4 Å². The summed E-state index contributed by atoms with van der Waals surface area (Å²) < 4.78 is 0. The van der Waals surface area contributed by atoms with Crippen LogP contribution >= 0.6 is 0 Å². The average molecular weight is 513 g/mol. The van der Waals surface area contributed by atoms with Crippen molar-refractivity contribution in [3.8, 4) is 0 Å². The van der Waals surface area contributed by atoms with Crippen LogP contribution in [0.4, 0.5) is 0 Å². The monoisotopic (exact) mass is 512 g/mol. The van der Waals surface area contributed by atoms with E-state index in [0.29, 0.717) is 43.8 Å². The molecule has 3 fully saturated rings. The number of rotatable bonds is 5. The highest BCUT2D eigenvalue weighted by atomic mass is 16.4. The zero-order valence-corrected chi connectivity index (χ0v) is 22.7. The molecule has 3 heterocycles. The van der Waals surface area contributed by atoms with Crippen molar-refractivity contribution in [2.75, 3.05) is 78.5 Å². The maximum Gasteiger partial charge on any atom is 0.303 e. The first-order chi connectivity index (χ1) is 17.1. The van der Waals surface area contributed by atoms with Crippen molar-refractivity contribution in [3.05, 3.63) is 0 Å². The molecule has 2 bridgehead atoms. The van der Waals surface area contributed by atoms with Crippen LogP contribution < -0.4 is 43.0 Å². The summed E-state index contributed by atoms with van der Waals surface area (Å²) in [6.07, 6.45) is 0.539. The van der Waals surface area contributed by atoms with Gasteiger partial charge in [-0.1, -0.05) is 20.8 Å². The molecule has 0 radical (unpaired) electrons. The molecule has 3 rings (SSSR count). The Balaban J connectivity index is 2.23. The van der Waals surface area contributed by atoms with E-state index in [4.69, 9.17) is 10.8 Å². The normalized spacial score (nSPS) is 34.4. The van der Waals surface area contributed by atoms with Crippen LogP contribution in [0.2, 0.25) is 0 Å². The van der Waals surface area contributed by atoms with Gasteiger partial charge in [0.2, 0.25) is 5.91 Å². The van der Waals surface area contributed by atoms with Crippen molar-refractivity contribution < 1.29 is 14.7 Å². The molecule has 0 aromatic heterocycles. The highest BCUT2D eigenvalue weighted by molar-refractivity contribution is 5.77. The van der Waals surface area contributed by atoms with E-state index in [1.165, 1.54) is 0 Å². The fourth-order valence-corrected chi connectivity index (χ4v) is 4.86. The number of carboxylic acid groups (broad SMARTS) is 1. The smallest absolute Gasteiger partial charge is 0.303 e. The summed E-state index contributed by atoms with van der Waals surface area (Å²) in [5.41, 5.74) is 5.92. The molecule has 0 aromatic carbocycles. The Kier molecular flexibility index (Phi) is 13.6. The first kappa shape index (κ1) is 30.9. The second kappa shape index (κ2) is 15.8. The Morgan fingerprint density at radius 3 is 1.44 bits per heavy atom. The number of hydrogen-bond acceptors (Lipinski definition) is 9. The quantitative estimate of drug-likeness (QED) is 0.207. The molecule has 1 amide bonds. The van der Waals surface area contributed by atoms with Gasteiger partial charge in [-0.15, -0.1) is 0 Å². The largest absolute Gasteiger partial charge is 0.481 e. The van der Waals surface area contributed by atoms with Gasteiger partial charge in [0.15, 0.2) is 0 Å². The SMILES string of the molecule is CC1CNC[C@]2(N)CNCC(C)CNC[C@](NC(=O)CCCC(=O)O)(CNC1)CNCC(C)CNC2. The van der Waals surface area contributed by atoms with E-state index in [2.05, 4.69) is 58.0 Å².